The number of urea groups is 1. The van der Waals surface area contributed by atoms with E-state index in [1.54, 1.807) is 6.07 Å². The molecule has 0 aliphatic heterocycles. The van der Waals surface area contributed by atoms with Crippen LogP contribution in [0.25, 0.3) is 0 Å². The summed E-state index contributed by atoms with van der Waals surface area (Å²) in [6.45, 7) is 5.78. The number of anilines is 3. The number of halogens is 1. The molecule has 2 amide bonds. The smallest absolute Gasteiger partial charge is 0.323 e. The van der Waals surface area contributed by atoms with Gasteiger partial charge in [0.25, 0.3) is 0 Å². The van der Waals surface area contributed by atoms with Crippen molar-refractivity contribution in [1.29, 1.82) is 0 Å². The van der Waals surface area contributed by atoms with Crippen LogP contribution in [-0.4, -0.2) is 17.6 Å². The third-order valence-electron chi connectivity index (χ3n) is 4.38. The zero-order valence-corrected chi connectivity index (χ0v) is 18.2. The molecular formula is C23H25BrN4O. The number of aryl methyl sites for hydroxylation is 1. The lowest BCUT2D eigenvalue weighted by Gasteiger charge is -2.24. The zero-order chi connectivity index (χ0) is 20.6. The Labute approximate surface area is 180 Å². The fraction of sp³-hybridized carbons (Fsp3) is 0.217. The molecule has 3 rings (SSSR count). The first-order chi connectivity index (χ1) is 14.0. The first-order valence-corrected chi connectivity index (χ1v) is 10.4. The standard InChI is InChI=1S/C23H25BrN4O/c1-3-13-28(16-18-7-5-4-6-8-18)22-15-20(14-21(24)27-22)26-23(29)25-19-11-9-17(2)10-12-19/h4-12,14-15H,3,13,16H2,1-2H3,(H2,25,26,27,29). The molecule has 0 aliphatic carbocycles. The van der Waals surface area contributed by atoms with Crippen LogP contribution in [0.1, 0.15) is 24.5 Å². The highest BCUT2D eigenvalue weighted by Crippen LogP contribution is 2.24. The number of hydrogen-bond donors (Lipinski definition) is 2. The largest absolute Gasteiger partial charge is 0.352 e. The summed E-state index contributed by atoms with van der Waals surface area (Å²) in [7, 11) is 0. The maximum atomic E-state index is 12.4. The molecule has 1 aromatic heterocycles. The molecule has 6 heteroatoms. The van der Waals surface area contributed by atoms with Crippen molar-refractivity contribution >= 4 is 39.2 Å². The fourth-order valence-corrected chi connectivity index (χ4v) is 3.42. The number of amides is 2. The first kappa shape index (κ1) is 20.9. The van der Waals surface area contributed by atoms with Crippen molar-refractivity contribution in [3.63, 3.8) is 0 Å². The molecule has 3 aromatic rings. The minimum absolute atomic E-state index is 0.289. The van der Waals surface area contributed by atoms with E-state index >= 15 is 0 Å². The average molecular weight is 453 g/mol. The Balaban J connectivity index is 1.74. The van der Waals surface area contributed by atoms with Crippen LogP contribution in [0.4, 0.5) is 22.0 Å². The Kier molecular flexibility index (Phi) is 7.25. The highest BCUT2D eigenvalue weighted by molar-refractivity contribution is 9.10. The molecule has 0 saturated carbocycles. The van der Waals surface area contributed by atoms with Crippen LogP contribution in [0, 0.1) is 6.92 Å². The maximum absolute atomic E-state index is 12.4. The molecule has 0 aliphatic rings. The topological polar surface area (TPSA) is 57.3 Å². The maximum Gasteiger partial charge on any atom is 0.323 e. The van der Waals surface area contributed by atoms with Crippen LogP contribution < -0.4 is 15.5 Å². The highest BCUT2D eigenvalue weighted by atomic mass is 79.9. The van der Waals surface area contributed by atoms with Gasteiger partial charge >= 0.3 is 6.03 Å². The van der Waals surface area contributed by atoms with Gasteiger partial charge in [-0.25, -0.2) is 9.78 Å². The quantitative estimate of drug-likeness (QED) is 0.418. The van der Waals surface area contributed by atoms with Crippen molar-refractivity contribution in [3.8, 4) is 0 Å². The van der Waals surface area contributed by atoms with Crippen molar-refractivity contribution in [1.82, 2.24) is 4.98 Å². The molecule has 2 aromatic carbocycles. The number of pyridine rings is 1. The van der Waals surface area contributed by atoms with Gasteiger partial charge in [0.15, 0.2) is 0 Å². The van der Waals surface area contributed by atoms with Gasteiger partial charge in [-0.15, -0.1) is 0 Å². The number of nitrogens with zero attached hydrogens (tertiary/aromatic N) is 2. The number of rotatable bonds is 7. The summed E-state index contributed by atoms with van der Waals surface area (Å²) in [5.74, 6) is 0.815. The van der Waals surface area contributed by atoms with Crippen LogP contribution in [0.3, 0.4) is 0 Å². The van der Waals surface area contributed by atoms with E-state index in [9.17, 15) is 4.79 Å². The van der Waals surface area contributed by atoms with E-state index in [2.05, 4.69) is 55.5 Å². The summed E-state index contributed by atoms with van der Waals surface area (Å²) in [6.07, 6.45) is 0.998. The van der Waals surface area contributed by atoms with Gasteiger partial charge in [0.2, 0.25) is 0 Å². The van der Waals surface area contributed by atoms with Gasteiger partial charge in [-0.3, -0.25) is 0 Å². The Hall–Kier alpha value is -2.86. The van der Waals surface area contributed by atoms with Crippen molar-refractivity contribution in [2.24, 2.45) is 0 Å². The Morgan fingerprint density at radius 2 is 1.69 bits per heavy atom. The molecule has 1 heterocycles. The van der Waals surface area contributed by atoms with E-state index in [1.807, 2.05) is 55.5 Å². The normalized spacial score (nSPS) is 10.4. The average Bonchev–Trinajstić information content (AvgIpc) is 2.70. The minimum atomic E-state index is -0.289. The number of hydrogen-bond acceptors (Lipinski definition) is 3. The summed E-state index contributed by atoms with van der Waals surface area (Å²) < 4.78 is 0.676. The number of aromatic nitrogens is 1. The zero-order valence-electron chi connectivity index (χ0n) is 16.7. The van der Waals surface area contributed by atoms with Gasteiger partial charge in [-0.05, 0) is 53.0 Å². The molecule has 0 bridgehead atoms. The van der Waals surface area contributed by atoms with Crippen LogP contribution in [-0.2, 0) is 6.54 Å². The monoisotopic (exact) mass is 452 g/mol. The summed E-state index contributed by atoms with van der Waals surface area (Å²) in [5.41, 5.74) is 3.79. The lowest BCUT2D eigenvalue weighted by atomic mass is 10.2. The Morgan fingerprint density at radius 3 is 2.38 bits per heavy atom. The Bertz CT molecular complexity index is 945. The molecule has 0 unspecified atom stereocenters. The minimum Gasteiger partial charge on any atom is -0.352 e. The lowest BCUT2D eigenvalue weighted by molar-refractivity contribution is 0.262. The lowest BCUT2D eigenvalue weighted by Crippen LogP contribution is -2.25. The predicted molar refractivity (Wildman–Crippen MR) is 124 cm³/mol. The van der Waals surface area contributed by atoms with Crippen LogP contribution in [0.2, 0.25) is 0 Å². The van der Waals surface area contributed by atoms with Crippen molar-refractivity contribution in [2.75, 3.05) is 22.1 Å². The van der Waals surface area contributed by atoms with Gasteiger partial charge in [0.1, 0.15) is 10.4 Å². The van der Waals surface area contributed by atoms with E-state index in [0.29, 0.717) is 10.3 Å². The second kappa shape index (κ2) is 10.1. The molecule has 2 N–H and O–H groups in total. The molecule has 0 saturated heterocycles. The first-order valence-electron chi connectivity index (χ1n) is 9.64. The third-order valence-corrected chi connectivity index (χ3v) is 4.79. The summed E-state index contributed by atoms with van der Waals surface area (Å²) in [5, 5.41) is 5.75. The van der Waals surface area contributed by atoms with Gasteiger partial charge in [0.05, 0.1) is 0 Å². The van der Waals surface area contributed by atoms with E-state index in [1.165, 1.54) is 5.56 Å². The van der Waals surface area contributed by atoms with E-state index < -0.39 is 0 Å². The number of carbonyl (C=O) groups is 1. The number of nitrogens with one attached hydrogen (secondary N) is 2. The fourth-order valence-electron chi connectivity index (χ4n) is 3.00. The molecule has 29 heavy (non-hydrogen) atoms. The van der Waals surface area contributed by atoms with Crippen LogP contribution >= 0.6 is 15.9 Å². The van der Waals surface area contributed by atoms with Crippen molar-refractivity contribution in [3.05, 3.63) is 82.5 Å². The predicted octanol–water partition coefficient (Wildman–Crippen LogP) is 6.21. The van der Waals surface area contributed by atoms with Gasteiger partial charge < -0.3 is 15.5 Å². The van der Waals surface area contributed by atoms with Gasteiger partial charge in [0, 0.05) is 30.5 Å². The van der Waals surface area contributed by atoms with Gasteiger partial charge in [-0.2, -0.15) is 0 Å². The van der Waals surface area contributed by atoms with Crippen LogP contribution in [0.15, 0.2) is 71.3 Å². The molecule has 0 radical (unpaired) electrons. The van der Waals surface area contributed by atoms with Crippen LogP contribution in [0.5, 0.6) is 0 Å². The summed E-state index contributed by atoms with van der Waals surface area (Å²) in [4.78, 5) is 19.2. The highest BCUT2D eigenvalue weighted by Gasteiger charge is 2.12. The van der Waals surface area contributed by atoms with E-state index in [4.69, 9.17) is 0 Å². The molecule has 150 valence electrons. The molecule has 5 nitrogen and oxygen atoms in total. The SMILES string of the molecule is CCCN(Cc1ccccc1)c1cc(NC(=O)Nc2ccc(C)cc2)cc(Br)n1. The Morgan fingerprint density at radius 1 is 1.00 bits per heavy atom. The number of benzene rings is 2. The second-order valence-electron chi connectivity index (χ2n) is 6.89. The molecule has 0 spiro atoms. The molecule has 0 atom stereocenters. The van der Waals surface area contributed by atoms with E-state index in [0.717, 1.165) is 36.6 Å². The second-order valence-corrected chi connectivity index (χ2v) is 7.70. The van der Waals surface area contributed by atoms with E-state index in [-0.39, 0.29) is 6.03 Å². The third kappa shape index (κ3) is 6.32. The molecular weight excluding hydrogens is 428 g/mol. The van der Waals surface area contributed by atoms with Crippen molar-refractivity contribution in [2.45, 2.75) is 26.8 Å². The summed E-state index contributed by atoms with van der Waals surface area (Å²) in [6, 6.07) is 21.4. The van der Waals surface area contributed by atoms with Crippen molar-refractivity contribution < 1.29 is 4.79 Å². The van der Waals surface area contributed by atoms with Gasteiger partial charge in [-0.1, -0.05) is 55.0 Å². The number of carbonyl (C=O) groups excluding carboxylic acids is 1. The molecule has 0 fully saturated rings. The summed E-state index contributed by atoms with van der Waals surface area (Å²) >= 11 is 3.47.